The molecule has 0 bridgehead atoms. The van der Waals surface area contributed by atoms with Gasteiger partial charge in [-0.3, -0.25) is 0 Å². The minimum Gasteiger partial charge on any atom is -0.0537 e. The molecule has 0 aliphatic heterocycles. The van der Waals surface area contributed by atoms with E-state index in [0.717, 1.165) is 8.95 Å². The molecule has 2 aromatic carbocycles. The highest BCUT2D eigenvalue weighted by molar-refractivity contribution is 9.11. The molecule has 1 aliphatic rings. The van der Waals surface area contributed by atoms with Gasteiger partial charge in [-0.25, -0.2) is 0 Å². The molecule has 0 spiro atoms. The van der Waals surface area contributed by atoms with Crippen LogP contribution < -0.4 is 0 Å². The standard InChI is InChI=1S/C12H6Br2/c13-9-5-8-2-1-7-3-4-11(14)10(6-9)12(7)8/h1-6H. The molecule has 2 aromatic rings. The molecule has 0 aromatic heterocycles. The molecular weight excluding hydrogens is 304 g/mol. The predicted molar refractivity (Wildman–Crippen MR) is 68.3 cm³/mol. The average Bonchev–Trinajstić information content (AvgIpc) is 2.55. The van der Waals surface area contributed by atoms with Crippen molar-refractivity contribution in [3.8, 4) is 0 Å². The third kappa shape index (κ3) is 1.11. The molecule has 3 rings (SSSR count). The second kappa shape index (κ2) is 2.94. The van der Waals surface area contributed by atoms with Crippen LogP contribution in [0.4, 0.5) is 0 Å². The zero-order chi connectivity index (χ0) is 9.71. The molecule has 0 saturated carbocycles. The number of halogens is 2. The molecule has 0 nitrogen and oxygen atoms in total. The molecular formula is C12H6Br2. The monoisotopic (exact) mass is 308 g/mol. The van der Waals surface area contributed by atoms with Gasteiger partial charge in [0.1, 0.15) is 0 Å². The van der Waals surface area contributed by atoms with Gasteiger partial charge in [0.2, 0.25) is 0 Å². The van der Waals surface area contributed by atoms with Gasteiger partial charge in [0.15, 0.2) is 0 Å². The van der Waals surface area contributed by atoms with Crippen LogP contribution in [-0.2, 0) is 0 Å². The largest absolute Gasteiger partial charge is 0.0537 e. The highest BCUT2D eigenvalue weighted by Crippen LogP contribution is 2.37. The van der Waals surface area contributed by atoms with Crippen molar-refractivity contribution < 1.29 is 0 Å². The van der Waals surface area contributed by atoms with Crippen molar-refractivity contribution in [2.45, 2.75) is 0 Å². The normalized spacial score (nSPS) is 12.7. The quantitative estimate of drug-likeness (QED) is 0.557. The lowest BCUT2D eigenvalue weighted by Gasteiger charge is -2.05. The summed E-state index contributed by atoms with van der Waals surface area (Å²) in [5.41, 5.74) is 2.61. The number of hydrogen-bond donors (Lipinski definition) is 0. The zero-order valence-electron chi connectivity index (χ0n) is 7.22. The van der Waals surface area contributed by atoms with Crippen molar-refractivity contribution in [2.75, 3.05) is 0 Å². The molecule has 0 saturated heterocycles. The molecule has 0 atom stereocenters. The Labute approximate surface area is 98.9 Å². The molecule has 0 heterocycles. The summed E-state index contributed by atoms with van der Waals surface area (Å²) in [5, 5.41) is 2.62. The van der Waals surface area contributed by atoms with Crippen molar-refractivity contribution in [2.24, 2.45) is 0 Å². The Morgan fingerprint density at radius 1 is 0.857 bits per heavy atom. The van der Waals surface area contributed by atoms with Gasteiger partial charge in [-0.15, -0.1) is 0 Å². The van der Waals surface area contributed by atoms with Gasteiger partial charge in [-0.1, -0.05) is 50.1 Å². The maximum absolute atomic E-state index is 3.58. The molecule has 0 amide bonds. The van der Waals surface area contributed by atoms with E-state index in [0.29, 0.717) is 0 Å². The van der Waals surface area contributed by atoms with Gasteiger partial charge >= 0.3 is 0 Å². The SMILES string of the molecule is Brc1cc2c3c(ccc(Br)c3c1)C=C2. The van der Waals surface area contributed by atoms with E-state index < -0.39 is 0 Å². The van der Waals surface area contributed by atoms with E-state index in [9.17, 15) is 0 Å². The van der Waals surface area contributed by atoms with Crippen molar-refractivity contribution in [1.29, 1.82) is 0 Å². The highest BCUT2D eigenvalue weighted by atomic mass is 79.9. The Morgan fingerprint density at radius 3 is 2.50 bits per heavy atom. The molecule has 14 heavy (non-hydrogen) atoms. The van der Waals surface area contributed by atoms with Crippen molar-refractivity contribution in [3.63, 3.8) is 0 Å². The second-order valence-corrected chi connectivity index (χ2v) is 5.16. The number of hydrogen-bond acceptors (Lipinski definition) is 0. The summed E-state index contributed by atoms with van der Waals surface area (Å²) in [4.78, 5) is 0. The molecule has 68 valence electrons. The van der Waals surface area contributed by atoms with Crippen LogP contribution in [0.15, 0.2) is 33.2 Å². The Morgan fingerprint density at radius 2 is 1.64 bits per heavy atom. The summed E-state index contributed by atoms with van der Waals surface area (Å²) in [6.45, 7) is 0. The van der Waals surface area contributed by atoms with Crippen LogP contribution in [0.2, 0.25) is 0 Å². The number of rotatable bonds is 0. The van der Waals surface area contributed by atoms with Gasteiger partial charge in [-0.2, -0.15) is 0 Å². The fourth-order valence-corrected chi connectivity index (χ4v) is 2.84. The fourth-order valence-electron chi connectivity index (χ4n) is 1.92. The van der Waals surface area contributed by atoms with E-state index in [1.54, 1.807) is 0 Å². The first-order valence-corrected chi connectivity index (χ1v) is 5.94. The second-order valence-electron chi connectivity index (χ2n) is 3.39. The summed E-state index contributed by atoms with van der Waals surface area (Å²) in [5.74, 6) is 0. The minimum absolute atomic E-state index is 1.13. The first-order valence-electron chi connectivity index (χ1n) is 4.35. The summed E-state index contributed by atoms with van der Waals surface area (Å²) in [7, 11) is 0. The lowest BCUT2D eigenvalue weighted by atomic mass is 10.0. The lowest BCUT2D eigenvalue weighted by molar-refractivity contribution is 1.65. The lowest BCUT2D eigenvalue weighted by Crippen LogP contribution is -1.80. The highest BCUT2D eigenvalue weighted by Gasteiger charge is 2.11. The Bertz CT molecular complexity index is 568. The number of benzene rings is 2. The van der Waals surface area contributed by atoms with Gasteiger partial charge < -0.3 is 0 Å². The minimum atomic E-state index is 1.13. The van der Waals surface area contributed by atoms with E-state index >= 15 is 0 Å². The van der Waals surface area contributed by atoms with Crippen LogP contribution >= 0.6 is 31.9 Å². The summed E-state index contributed by atoms with van der Waals surface area (Å²) in [6.07, 6.45) is 4.32. The van der Waals surface area contributed by atoms with E-state index in [1.807, 2.05) is 0 Å². The first-order chi connectivity index (χ1) is 6.75. The van der Waals surface area contributed by atoms with E-state index in [1.165, 1.54) is 21.9 Å². The zero-order valence-corrected chi connectivity index (χ0v) is 10.4. The van der Waals surface area contributed by atoms with Crippen LogP contribution in [0.25, 0.3) is 22.9 Å². The van der Waals surface area contributed by atoms with Crippen LogP contribution in [0.3, 0.4) is 0 Å². The summed E-state index contributed by atoms with van der Waals surface area (Å²) >= 11 is 7.11. The summed E-state index contributed by atoms with van der Waals surface area (Å²) < 4.78 is 2.28. The fraction of sp³-hybridized carbons (Fsp3) is 0. The maximum atomic E-state index is 3.58. The first kappa shape index (κ1) is 8.69. The average molecular weight is 310 g/mol. The van der Waals surface area contributed by atoms with Gasteiger partial charge in [0.05, 0.1) is 0 Å². The van der Waals surface area contributed by atoms with Gasteiger partial charge in [-0.05, 0) is 40.1 Å². The predicted octanol–water partition coefficient (Wildman–Crippen LogP) is 4.85. The van der Waals surface area contributed by atoms with Crippen LogP contribution in [0.1, 0.15) is 11.1 Å². The van der Waals surface area contributed by atoms with Gasteiger partial charge in [0, 0.05) is 8.95 Å². The van der Waals surface area contributed by atoms with E-state index in [4.69, 9.17) is 0 Å². The third-order valence-corrected chi connectivity index (χ3v) is 3.68. The van der Waals surface area contributed by atoms with E-state index in [-0.39, 0.29) is 0 Å². The van der Waals surface area contributed by atoms with Crippen LogP contribution in [0.5, 0.6) is 0 Å². The molecule has 0 radical (unpaired) electrons. The smallest absolute Gasteiger partial charge is 0.0254 e. The molecule has 2 heteroatoms. The summed E-state index contributed by atoms with van der Waals surface area (Å²) in [6, 6.07) is 8.55. The molecule has 0 fully saturated rings. The molecule has 0 unspecified atom stereocenters. The third-order valence-electron chi connectivity index (χ3n) is 2.53. The van der Waals surface area contributed by atoms with Crippen molar-refractivity contribution >= 4 is 54.8 Å². The van der Waals surface area contributed by atoms with Crippen molar-refractivity contribution in [3.05, 3.63) is 44.3 Å². The maximum Gasteiger partial charge on any atom is 0.0254 e. The molecule has 1 aliphatic carbocycles. The Kier molecular flexibility index (Phi) is 1.83. The topological polar surface area (TPSA) is 0 Å². The Hall–Kier alpha value is -0.600. The van der Waals surface area contributed by atoms with Crippen molar-refractivity contribution in [1.82, 2.24) is 0 Å². The van der Waals surface area contributed by atoms with Gasteiger partial charge in [0.25, 0.3) is 0 Å². The van der Waals surface area contributed by atoms with Crippen LogP contribution in [-0.4, -0.2) is 0 Å². The van der Waals surface area contributed by atoms with Crippen LogP contribution in [0, 0.1) is 0 Å². The van der Waals surface area contributed by atoms with E-state index in [2.05, 4.69) is 68.3 Å². The molecule has 0 N–H and O–H groups in total. The Balaban J connectivity index is 2.60.